The molecule has 2 aliphatic rings. The van der Waals surface area contributed by atoms with Crippen LogP contribution in [0.15, 0.2) is 69.0 Å². The number of benzene rings is 1. The minimum atomic E-state index is -0.355. The van der Waals surface area contributed by atoms with Crippen LogP contribution in [0.1, 0.15) is 42.8 Å². The molecule has 1 aromatic carbocycles. The van der Waals surface area contributed by atoms with Gasteiger partial charge in [-0.05, 0) is 73.7 Å². The summed E-state index contributed by atoms with van der Waals surface area (Å²) in [6.45, 7) is 9.49. The van der Waals surface area contributed by atoms with Crippen LogP contribution in [0.5, 0.6) is 0 Å². The Labute approximate surface area is 195 Å². The predicted molar refractivity (Wildman–Crippen MR) is 131 cm³/mol. The van der Waals surface area contributed by atoms with Gasteiger partial charge in [0.25, 0.3) is 0 Å². The minimum absolute atomic E-state index is 0.245. The molecule has 0 atom stereocenters. The van der Waals surface area contributed by atoms with Crippen molar-refractivity contribution in [3.8, 4) is 0 Å². The van der Waals surface area contributed by atoms with Crippen molar-refractivity contribution in [2.45, 2.75) is 26.7 Å². The molecule has 174 valence electrons. The summed E-state index contributed by atoms with van der Waals surface area (Å²) in [5, 5.41) is 4.21. The number of hydrazone groups is 1. The van der Waals surface area contributed by atoms with Crippen molar-refractivity contribution in [1.82, 2.24) is 10.3 Å². The number of hydrogen-bond donors (Lipinski definition) is 1. The van der Waals surface area contributed by atoms with Crippen molar-refractivity contribution in [3.63, 3.8) is 0 Å². The van der Waals surface area contributed by atoms with Crippen LogP contribution in [0.3, 0.4) is 0 Å². The van der Waals surface area contributed by atoms with Crippen molar-refractivity contribution in [2.75, 3.05) is 44.3 Å². The number of nitrogens with one attached hydrogen (secondary N) is 1. The molecule has 1 N–H and O–H groups in total. The SMILES string of the molecule is CCN(CC)c1ccc(/C=C2/CCC(/C=N\NC(=O)c3ccco3)=C2N2CCOCC2)cc1. The predicted octanol–water partition coefficient (Wildman–Crippen LogP) is 4.31. The first-order valence-electron chi connectivity index (χ1n) is 11.7. The molecule has 7 nitrogen and oxygen atoms in total. The van der Waals surface area contributed by atoms with E-state index >= 15 is 0 Å². The van der Waals surface area contributed by atoms with E-state index in [4.69, 9.17) is 9.15 Å². The van der Waals surface area contributed by atoms with Gasteiger partial charge in [-0.2, -0.15) is 5.10 Å². The molecule has 0 saturated carbocycles. The number of amides is 1. The lowest BCUT2D eigenvalue weighted by atomic mass is 10.1. The molecule has 1 amide bonds. The number of nitrogens with zero attached hydrogens (tertiary/aromatic N) is 3. The lowest BCUT2D eigenvalue weighted by molar-refractivity contribution is 0.0548. The fourth-order valence-electron chi connectivity index (χ4n) is 4.37. The smallest absolute Gasteiger partial charge is 0.307 e. The summed E-state index contributed by atoms with van der Waals surface area (Å²) in [5.74, 6) is -0.110. The van der Waals surface area contributed by atoms with Gasteiger partial charge in [0.2, 0.25) is 0 Å². The first kappa shape index (κ1) is 22.9. The number of anilines is 1. The third-order valence-corrected chi connectivity index (χ3v) is 6.09. The number of morpholine rings is 1. The first-order valence-corrected chi connectivity index (χ1v) is 11.7. The molecule has 1 aromatic heterocycles. The topological polar surface area (TPSA) is 70.3 Å². The van der Waals surface area contributed by atoms with Gasteiger partial charge in [-0.25, -0.2) is 5.43 Å². The second-order valence-corrected chi connectivity index (χ2v) is 8.08. The highest BCUT2D eigenvalue weighted by atomic mass is 16.5. The van der Waals surface area contributed by atoms with Crippen LogP contribution in [0, 0.1) is 0 Å². The molecule has 33 heavy (non-hydrogen) atoms. The number of hydrogen-bond acceptors (Lipinski definition) is 6. The zero-order valence-corrected chi connectivity index (χ0v) is 19.4. The van der Waals surface area contributed by atoms with Crippen molar-refractivity contribution < 1.29 is 13.9 Å². The van der Waals surface area contributed by atoms with Crippen LogP contribution < -0.4 is 10.3 Å². The van der Waals surface area contributed by atoms with E-state index in [0.29, 0.717) is 0 Å². The standard InChI is InChI=1S/C26H32N4O3/c1-3-29(4-2)23-11-7-20(8-12-23)18-21-9-10-22(25(21)30-13-16-32-17-14-30)19-27-28-26(31)24-6-5-15-33-24/h5-8,11-12,15,18-19H,3-4,9-10,13-14,16-17H2,1-2H3,(H,28,31)/b21-18-,27-19-. The zero-order valence-electron chi connectivity index (χ0n) is 19.4. The molecule has 2 aromatic rings. The van der Waals surface area contributed by atoms with Crippen LogP contribution in [0.4, 0.5) is 5.69 Å². The van der Waals surface area contributed by atoms with E-state index in [1.165, 1.54) is 28.8 Å². The second-order valence-electron chi connectivity index (χ2n) is 8.08. The molecule has 0 unspecified atom stereocenters. The van der Waals surface area contributed by atoms with Gasteiger partial charge in [0, 0.05) is 37.6 Å². The van der Waals surface area contributed by atoms with E-state index in [-0.39, 0.29) is 11.7 Å². The van der Waals surface area contributed by atoms with E-state index in [1.54, 1.807) is 18.3 Å². The summed E-state index contributed by atoms with van der Waals surface area (Å²) >= 11 is 0. The average Bonchev–Trinajstić information content (AvgIpc) is 3.52. The van der Waals surface area contributed by atoms with Crippen LogP contribution in [0.2, 0.25) is 0 Å². The van der Waals surface area contributed by atoms with Crippen LogP contribution >= 0.6 is 0 Å². The Balaban J connectivity index is 1.56. The monoisotopic (exact) mass is 448 g/mol. The molecule has 0 spiro atoms. The van der Waals surface area contributed by atoms with E-state index in [2.05, 4.69) is 64.5 Å². The summed E-state index contributed by atoms with van der Waals surface area (Å²) in [7, 11) is 0. The van der Waals surface area contributed by atoms with Gasteiger partial charge in [0.15, 0.2) is 5.76 Å². The second kappa shape index (κ2) is 11.0. The fourth-order valence-corrected chi connectivity index (χ4v) is 4.37. The van der Waals surface area contributed by atoms with Gasteiger partial charge in [-0.1, -0.05) is 12.1 Å². The Morgan fingerprint density at radius 2 is 1.88 bits per heavy atom. The molecular formula is C26H32N4O3. The summed E-state index contributed by atoms with van der Waals surface area (Å²) in [4.78, 5) is 16.8. The number of ether oxygens (including phenoxy) is 1. The molecule has 1 fully saturated rings. The summed E-state index contributed by atoms with van der Waals surface area (Å²) in [6.07, 6.45) is 7.35. The average molecular weight is 449 g/mol. The van der Waals surface area contributed by atoms with E-state index < -0.39 is 0 Å². The fraction of sp³-hybridized carbons (Fsp3) is 0.385. The summed E-state index contributed by atoms with van der Waals surface area (Å²) < 4.78 is 10.7. The lowest BCUT2D eigenvalue weighted by Gasteiger charge is -2.31. The maximum atomic E-state index is 12.1. The third kappa shape index (κ3) is 5.54. The number of allylic oxidation sites excluding steroid dienone is 2. The van der Waals surface area contributed by atoms with E-state index in [1.807, 2.05) is 0 Å². The lowest BCUT2D eigenvalue weighted by Crippen LogP contribution is -2.36. The Morgan fingerprint density at radius 1 is 1.12 bits per heavy atom. The van der Waals surface area contributed by atoms with Gasteiger partial charge in [0.05, 0.1) is 25.7 Å². The Kier molecular flexibility index (Phi) is 7.62. The quantitative estimate of drug-likeness (QED) is 0.482. The van der Waals surface area contributed by atoms with Crippen LogP contribution in [-0.2, 0) is 4.74 Å². The first-order chi connectivity index (χ1) is 16.2. The van der Waals surface area contributed by atoms with Gasteiger partial charge in [-0.3, -0.25) is 4.79 Å². The van der Waals surface area contributed by atoms with Gasteiger partial charge < -0.3 is 19.0 Å². The molecular weight excluding hydrogens is 416 g/mol. The van der Waals surface area contributed by atoms with E-state index in [9.17, 15) is 4.79 Å². The molecule has 1 aliphatic carbocycles. The summed E-state index contributed by atoms with van der Waals surface area (Å²) in [5.41, 5.74) is 8.64. The van der Waals surface area contributed by atoms with Crippen molar-refractivity contribution in [2.24, 2.45) is 5.10 Å². The molecule has 0 radical (unpaired) electrons. The van der Waals surface area contributed by atoms with Gasteiger partial charge in [0.1, 0.15) is 0 Å². The summed E-state index contributed by atoms with van der Waals surface area (Å²) in [6, 6.07) is 12.1. The highest BCUT2D eigenvalue weighted by Gasteiger charge is 2.25. The molecule has 7 heteroatoms. The number of carbonyl (C=O) groups is 1. The Hall–Kier alpha value is -3.32. The molecule has 1 saturated heterocycles. The van der Waals surface area contributed by atoms with Crippen molar-refractivity contribution in [1.29, 1.82) is 0 Å². The highest BCUT2D eigenvalue weighted by molar-refractivity contribution is 5.92. The number of rotatable bonds is 8. The van der Waals surface area contributed by atoms with Crippen molar-refractivity contribution >= 4 is 23.9 Å². The molecule has 1 aliphatic heterocycles. The van der Waals surface area contributed by atoms with Crippen LogP contribution in [-0.4, -0.2) is 56.4 Å². The number of furan rings is 1. The Morgan fingerprint density at radius 3 is 2.55 bits per heavy atom. The highest BCUT2D eigenvalue weighted by Crippen LogP contribution is 2.35. The maximum Gasteiger partial charge on any atom is 0.307 e. The minimum Gasteiger partial charge on any atom is -0.459 e. The Bertz CT molecular complexity index is 1010. The zero-order chi connectivity index (χ0) is 23.0. The van der Waals surface area contributed by atoms with Gasteiger partial charge >= 0.3 is 5.91 Å². The molecule has 4 rings (SSSR count). The normalized spacial score (nSPS) is 17.9. The van der Waals surface area contributed by atoms with Crippen LogP contribution in [0.25, 0.3) is 6.08 Å². The van der Waals surface area contributed by atoms with Gasteiger partial charge in [-0.15, -0.1) is 0 Å². The molecule has 2 heterocycles. The largest absolute Gasteiger partial charge is 0.459 e. The number of carbonyl (C=O) groups excluding carboxylic acids is 1. The third-order valence-electron chi connectivity index (χ3n) is 6.09. The van der Waals surface area contributed by atoms with E-state index in [0.717, 1.165) is 57.8 Å². The van der Waals surface area contributed by atoms with Crippen molar-refractivity contribution in [3.05, 3.63) is 70.8 Å². The maximum absolute atomic E-state index is 12.1. The molecule has 0 bridgehead atoms.